The fourth-order valence-corrected chi connectivity index (χ4v) is 2.76. The molecular formula is C21H25N3O. The van der Waals surface area contributed by atoms with Crippen molar-refractivity contribution in [2.24, 2.45) is 0 Å². The highest BCUT2D eigenvalue weighted by Crippen LogP contribution is 2.32. The van der Waals surface area contributed by atoms with E-state index in [1.807, 2.05) is 0 Å². The van der Waals surface area contributed by atoms with Gasteiger partial charge < -0.3 is 10.6 Å². The molecule has 25 heavy (non-hydrogen) atoms. The molecule has 0 aliphatic heterocycles. The zero-order valence-corrected chi connectivity index (χ0v) is 15.3. The van der Waals surface area contributed by atoms with Gasteiger partial charge in [-0.25, -0.2) is 0 Å². The topological polar surface area (TPSA) is 64.9 Å². The van der Waals surface area contributed by atoms with Crippen molar-refractivity contribution in [3.63, 3.8) is 0 Å². The van der Waals surface area contributed by atoms with Gasteiger partial charge in [-0.2, -0.15) is 5.26 Å². The molecule has 0 atom stereocenters. The summed E-state index contributed by atoms with van der Waals surface area (Å²) in [6.45, 7) is 8.81. The Hall–Kier alpha value is -2.80. The molecule has 4 heteroatoms. The Morgan fingerprint density at radius 2 is 1.56 bits per heavy atom. The molecule has 0 radical (unpaired) electrons. The van der Waals surface area contributed by atoms with E-state index in [0.717, 1.165) is 5.69 Å². The minimum absolute atomic E-state index is 0.113. The molecule has 4 nitrogen and oxygen atoms in total. The maximum Gasteiger partial charge on any atom is 0.243 e. The van der Waals surface area contributed by atoms with Crippen LogP contribution in [0.25, 0.3) is 0 Å². The number of nitriles is 1. The smallest absolute Gasteiger partial charge is 0.243 e. The Morgan fingerprint density at radius 1 is 1.00 bits per heavy atom. The van der Waals surface area contributed by atoms with Gasteiger partial charge in [0.05, 0.1) is 18.2 Å². The maximum absolute atomic E-state index is 12.3. The second-order valence-corrected chi connectivity index (χ2v) is 6.71. The molecule has 0 aliphatic rings. The van der Waals surface area contributed by atoms with E-state index >= 15 is 0 Å². The Balaban J connectivity index is 2.09. The second kappa shape index (κ2) is 8.34. The summed E-state index contributed by atoms with van der Waals surface area (Å²) >= 11 is 0. The first-order chi connectivity index (χ1) is 11.9. The van der Waals surface area contributed by atoms with Crippen LogP contribution in [0.3, 0.4) is 0 Å². The summed E-state index contributed by atoms with van der Waals surface area (Å²) < 4.78 is 0. The van der Waals surface area contributed by atoms with Crippen LogP contribution in [-0.2, 0) is 4.79 Å². The highest BCUT2D eigenvalue weighted by atomic mass is 16.1. The van der Waals surface area contributed by atoms with Gasteiger partial charge in [0.25, 0.3) is 0 Å². The van der Waals surface area contributed by atoms with Crippen molar-refractivity contribution >= 4 is 17.3 Å². The van der Waals surface area contributed by atoms with Gasteiger partial charge in [0.15, 0.2) is 0 Å². The molecular weight excluding hydrogens is 310 g/mol. The standard InChI is InChI=1S/C21H25N3O/c1-14(2)18-6-5-7-19(15(3)4)21(18)23-13-20(25)24-17-10-8-16(12-22)9-11-17/h5-11,14-15,23H,13H2,1-4H3,(H,24,25). The van der Waals surface area contributed by atoms with Gasteiger partial charge in [0.1, 0.15) is 0 Å². The average molecular weight is 335 g/mol. The van der Waals surface area contributed by atoms with Crippen LogP contribution in [0.5, 0.6) is 0 Å². The molecule has 130 valence electrons. The van der Waals surface area contributed by atoms with E-state index in [9.17, 15) is 4.79 Å². The molecule has 0 saturated carbocycles. The molecule has 1 amide bonds. The van der Waals surface area contributed by atoms with Crippen LogP contribution in [0.15, 0.2) is 42.5 Å². The second-order valence-electron chi connectivity index (χ2n) is 6.71. The number of amides is 1. The molecule has 0 aliphatic carbocycles. The first-order valence-electron chi connectivity index (χ1n) is 8.59. The van der Waals surface area contributed by atoms with E-state index in [1.54, 1.807) is 24.3 Å². The first-order valence-corrected chi connectivity index (χ1v) is 8.59. The minimum atomic E-state index is -0.113. The third-order valence-electron chi connectivity index (χ3n) is 4.10. The fourth-order valence-electron chi connectivity index (χ4n) is 2.76. The van der Waals surface area contributed by atoms with E-state index in [2.05, 4.69) is 62.6 Å². The number of para-hydroxylation sites is 1. The summed E-state index contributed by atoms with van der Waals surface area (Å²) in [5.41, 5.74) is 4.76. The number of hydrogen-bond donors (Lipinski definition) is 2. The highest BCUT2D eigenvalue weighted by molar-refractivity contribution is 5.94. The van der Waals surface area contributed by atoms with Crippen molar-refractivity contribution in [2.45, 2.75) is 39.5 Å². The van der Waals surface area contributed by atoms with E-state index in [0.29, 0.717) is 23.1 Å². The van der Waals surface area contributed by atoms with Crippen LogP contribution in [0.4, 0.5) is 11.4 Å². The van der Waals surface area contributed by atoms with E-state index in [-0.39, 0.29) is 12.5 Å². The lowest BCUT2D eigenvalue weighted by Crippen LogP contribution is -2.23. The van der Waals surface area contributed by atoms with Crippen molar-refractivity contribution in [2.75, 3.05) is 17.2 Å². The zero-order chi connectivity index (χ0) is 18.4. The summed E-state index contributed by atoms with van der Waals surface area (Å²) in [6, 6.07) is 15.2. The summed E-state index contributed by atoms with van der Waals surface area (Å²) in [7, 11) is 0. The van der Waals surface area contributed by atoms with Crippen LogP contribution < -0.4 is 10.6 Å². The van der Waals surface area contributed by atoms with Crippen LogP contribution >= 0.6 is 0 Å². The summed E-state index contributed by atoms with van der Waals surface area (Å²) in [5.74, 6) is 0.642. The summed E-state index contributed by atoms with van der Waals surface area (Å²) in [5, 5.41) is 15.0. The van der Waals surface area contributed by atoms with E-state index in [1.165, 1.54) is 11.1 Å². The van der Waals surface area contributed by atoms with Crippen molar-refractivity contribution < 1.29 is 4.79 Å². The van der Waals surface area contributed by atoms with Gasteiger partial charge in [-0.05, 0) is 47.2 Å². The fraction of sp³-hybridized carbons (Fsp3) is 0.333. The molecule has 0 spiro atoms. The van der Waals surface area contributed by atoms with E-state index < -0.39 is 0 Å². The molecule has 2 aromatic rings. The normalized spacial score (nSPS) is 10.6. The Bertz CT molecular complexity index is 744. The molecule has 0 bridgehead atoms. The van der Waals surface area contributed by atoms with Crippen LogP contribution in [0, 0.1) is 11.3 Å². The van der Waals surface area contributed by atoms with Crippen molar-refractivity contribution in [1.82, 2.24) is 0 Å². The number of nitrogens with zero attached hydrogens (tertiary/aromatic N) is 1. The van der Waals surface area contributed by atoms with Crippen LogP contribution in [-0.4, -0.2) is 12.5 Å². The summed E-state index contributed by atoms with van der Waals surface area (Å²) in [4.78, 5) is 12.3. The number of carbonyl (C=O) groups is 1. The van der Waals surface area contributed by atoms with Gasteiger partial charge in [0, 0.05) is 11.4 Å². The molecule has 0 fully saturated rings. The minimum Gasteiger partial charge on any atom is -0.376 e. The van der Waals surface area contributed by atoms with Gasteiger partial charge in [-0.15, -0.1) is 0 Å². The lowest BCUT2D eigenvalue weighted by atomic mass is 9.92. The van der Waals surface area contributed by atoms with Crippen molar-refractivity contribution in [3.8, 4) is 6.07 Å². The predicted molar refractivity (Wildman–Crippen MR) is 103 cm³/mol. The Kier molecular flexibility index (Phi) is 6.19. The maximum atomic E-state index is 12.3. The third-order valence-corrected chi connectivity index (χ3v) is 4.10. The quantitative estimate of drug-likeness (QED) is 0.792. The highest BCUT2D eigenvalue weighted by Gasteiger charge is 2.14. The average Bonchev–Trinajstić information content (AvgIpc) is 2.60. The lowest BCUT2D eigenvalue weighted by Gasteiger charge is -2.20. The van der Waals surface area contributed by atoms with Crippen molar-refractivity contribution in [3.05, 3.63) is 59.2 Å². The number of hydrogen-bond acceptors (Lipinski definition) is 3. The van der Waals surface area contributed by atoms with Crippen molar-refractivity contribution in [1.29, 1.82) is 5.26 Å². The number of carbonyl (C=O) groups excluding carboxylic acids is 1. The molecule has 0 unspecified atom stereocenters. The monoisotopic (exact) mass is 335 g/mol. The largest absolute Gasteiger partial charge is 0.376 e. The Labute approximate surface area is 149 Å². The Morgan fingerprint density at radius 3 is 2.04 bits per heavy atom. The zero-order valence-electron chi connectivity index (χ0n) is 15.3. The van der Waals surface area contributed by atoms with Crippen LogP contribution in [0.2, 0.25) is 0 Å². The third kappa shape index (κ3) is 4.84. The summed E-state index contributed by atoms with van der Waals surface area (Å²) in [6.07, 6.45) is 0. The number of benzene rings is 2. The molecule has 0 heterocycles. The molecule has 0 saturated heterocycles. The van der Waals surface area contributed by atoms with Gasteiger partial charge in [-0.3, -0.25) is 4.79 Å². The number of rotatable bonds is 6. The van der Waals surface area contributed by atoms with Gasteiger partial charge in [0.2, 0.25) is 5.91 Å². The molecule has 2 aromatic carbocycles. The van der Waals surface area contributed by atoms with E-state index in [4.69, 9.17) is 5.26 Å². The van der Waals surface area contributed by atoms with Gasteiger partial charge >= 0.3 is 0 Å². The number of anilines is 2. The molecule has 2 N–H and O–H groups in total. The number of nitrogens with one attached hydrogen (secondary N) is 2. The lowest BCUT2D eigenvalue weighted by molar-refractivity contribution is -0.114. The van der Waals surface area contributed by atoms with Gasteiger partial charge in [-0.1, -0.05) is 45.9 Å². The molecule has 0 aromatic heterocycles. The first kappa shape index (κ1) is 18.5. The molecule has 2 rings (SSSR count). The van der Waals surface area contributed by atoms with Crippen LogP contribution in [0.1, 0.15) is 56.2 Å². The SMILES string of the molecule is CC(C)c1cccc(C(C)C)c1NCC(=O)Nc1ccc(C#N)cc1. The predicted octanol–water partition coefficient (Wildman–Crippen LogP) is 4.86.